The van der Waals surface area contributed by atoms with Crippen LogP contribution in [0.1, 0.15) is 24.2 Å². The summed E-state index contributed by atoms with van der Waals surface area (Å²) in [5, 5.41) is 0. The van der Waals surface area contributed by atoms with E-state index in [1.807, 2.05) is 0 Å². The van der Waals surface area contributed by atoms with E-state index in [0.717, 1.165) is 6.07 Å². The number of ether oxygens (including phenoxy) is 2. The Balaban J connectivity index is 2.93. The smallest absolute Gasteiger partial charge is 0.339 e. The summed E-state index contributed by atoms with van der Waals surface area (Å²) in [5.74, 6) is -1.42. The van der Waals surface area contributed by atoms with Crippen LogP contribution in [0.2, 0.25) is 0 Å². The van der Waals surface area contributed by atoms with E-state index in [1.165, 1.54) is 13.3 Å². The number of carbonyl (C=O) groups is 1. The van der Waals surface area contributed by atoms with Gasteiger partial charge in [0.15, 0.2) is 5.82 Å². The minimum Gasteiger partial charge on any atom is -0.473 e. The van der Waals surface area contributed by atoms with E-state index in [9.17, 15) is 9.18 Å². The number of methoxy groups -OCH3 is 1. The van der Waals surface area contributed by atoms with Crippen LogP contribution in [0.4, 0.5) is 4.39 Å². The van der Waals surface area contributed by atoms with Gasteiger partial charge in [-0.3, -0.25) is 0 Å². The number of halogens is 1. The maximum Gasteiger partial charge on any atom is 0.339 e. The van der Waals surface area contributed by atoms with Gasteiger partial charge in [0.1, 0.15) is 0 Å². The largest absolute Gasteiger partial charge is 0.473 e. The molecule has 0 aliphatic rings. The molecule has 15 heavy (non-hydrogen) atoms. The number of hydrogen-bond donors (Lipinski definition) is 0. The monoisotopic (exact) mass is 213 g/mol. The average molecular weight is 213 g/mol. The van der Waals surface area contributed by atoms with Crippen molar-refractivity contribution in [3.05, 3.63) is 23.6 Å². The van der Waals surface area contributed by atoms with Crippen LogP contribution in [0.25, 0.3) is 0 Å². The summed E-state index contributed by atoms with van der Waals surface area (Å²) in [7, 11) is 1.22. The molecule has 0 N–H and O–H groups in total. The zero-order valence-electron chi connectivity index (χ0n) is 8.78. The van der Waals surface area contributed by atoms with Crippen molar-refractivity contribution in [2.24, 2.45) is 0 Å². The molecule has 0 aromatic carbocycles. The van der Waals surface area contributed by atoms with Crippen molar-refractivity contribution in [3.63, 3.8) is 0 Å². The topological polar surface area (TPSA) is 48.4 Å². The minimum atomic E-state index is -0.674. The Labute approximate surface area is 87.0 Å². The van der Waals surface area contributed by atoms with Crippen LogP contribution in [0, 0.1) is 5.82 Å². The first-order valence-electron chi connectivity index (χ1n) is 4.45. The van der Waals surface area contributed by atoms with Gasteiger partial charge in [0.2, 0.25) is 0 Å². The Kier molecular flexibility index (Phi) is 3.60. The average Bonchev–Trinajstić information content (AvgIpc) is 2.19. The first-order chi connectivity index (χ1) is 7.04. The number of pyridine rings is 1. The molecule has 1 heterocycles. The molecular formula is C10H12FNO3. The molecule has 4 nitrogen and oxygen atoms in total. The lowest BCUT2D eigenvalue weighted by atomic mass is 10.3. The molecule has 0 atom stereocenters. The number of hydrogen-bond acceptors (Lipinski definition) is 4. The Morgan fingerprint density at radius 3 is 2.67 bits per heavy atom. The van der Waals surface area contributed by atoms with E-state index < -0.39 is 11.8 Å². The third-order valence-corrected chi connectivity index (χ3v) is 1.58. The molecule has 0 aliphatic carbocycles. The van der Waals surface area contributed by atoms with Gasteiger partial charge in [0.05, 0.1) is 18.8 Å². The molecule has 1 rings (SSSR count). The lowest BCUT2D eigenvalue weighted by molar-refractivity contribution is 0.0599. The standard InChI is InChI=1S/C10H12FNO3/c1-6(2)15-9-8(11)4-7(5-12-9)10(13)14-3/h4-6H,1-3H3. The molecule has 82 valence electrons. The Morgan fingerprint density at radius 2 is 2.20 bits per heavy atom. The second-order valence-corrected chi connectivity index (χ2v) is 3.17. The Bertz CT molecular complexity index is 366. The Hall–Kier alpha value is -1.65. The molecule has 0 saturated carbocycles. The molecule has 0 fully saturated rings. The molecule has 0 radical (unpaired) electrons. The fraction of sp³-hybridized carbons (Fsp3) is 0.400. The summed E-state index contributed by atoms with van der Waals surface area (Å²) >= 11 is 0. The summed E-state index contributed by atoms with van der Waals surface area (Å²) in [6.45, 7) is 3.52. The minimum absolute atomic E-state index is 0.0612. The molecule has 1 aromatic heterocycles. The number of rotatable bonds is 3. The number of aromatic nitrogens is 1. The van der Waals surface area contributed by atoms with Crippen LogP contribution in [-0.2, 0) is 4.74 Å². The lowest BCUT2D eigenvalue weighted by Gasteiger charge is -2.09. The maximum absolute atomic E-state index is 13.3. The number of carbonyl (C=O) groups excluding carboxylic acids is 1. The summed E-state index contributed by atoms with van der Waals surface area (Å²) in [6.07, 6.45) is 1.04. The van der Waals surface area contributed by atoms with Crippen LogP contribution in [0.15, 0.2) is 12.3 Å². The van der Waals surface area contributed by atoms with Crippen LogP contribution in [0.5, 0.6) is 5.88 Å². The SMILES string of the molecule is COC(=O)c1cnc(OC(C)C)c(F)c1. The van der Waals surface area contributed by atoms with Crippen molar-refractivity contribution in [3.8, 4) is 5.88 Å². The van der Waals surface area contributed by atoms with Gasteiger partial charge in [0, 0.05) is 6.20 Å². The molecular weight excluding hydrogens is 201 g/mol. The zero-order chi connectivity index (χ0) is 11.4. The highest BCUT2D eigenvalue weighted by Crippen LogP contribution is 2.16. The van der Waals surface area contributed by atoms with E-state index >= 15 is 0 Å². The van der Waals surface area contributed by atoms with Crippen molar-refractivity contribution in [1.82, 2.24) is 4.98 Å². The lowest BCUT2D eigenvalue weighted by Crippen LogP contribution is -2.10. The van der Waals surface area contributed by atoms with Crippen molar-refractivity contribution < 1.29 is 18.7 Å². The summed E-state index contributed by atoms with van der Waals surface area (Å²) in [5.41, 5.74) is 0.0612. The van der Waals surface area contributed by atoms with Crippen molar-refractivity contribution >= 4 is 5.97 Å². The van der Waals surface area contributed by atoms with E-state index in [4.69, 9.17) is 4.74 Å². The Morgan fingerprint density at radius 1 is 1.53 bits per heavy atom. The van der Waals surface area contributed by atoms with Crippen molar-refractivity contribution in [2.45, 2.75) is 20.0 Å². The molecule has 5 heteroatoms. The van der Waals surface area contributed by atoms with E-state index in [2.05, 4.69) is 9.72 Å². The summed E-state index contributed by atoms with van der Waals surface area (Å²) < 4.78 is 22.8. The molecule has 0 spiro atoms. The van der Waals surface area contributed by atoms with Crippen LogP contribution in [0.3, 0.4) is 0 Å². The van der Waals surface area contributed by atoms with Gasteiger partial charge in [-0.2, -0.15) is 0 Å². The van der Waals surface area contributed by atoms with Crippen LogP contribution >= 0.6 is 0 Å². The second-order valence-electron chi connectivity index (χ2n) is 3.17. The highest BCUT2D eigenvalue weighted by Gasteiger charge is 2.12. The number of esters is 1. The first kappa shape index (κ1) is 11.4. The fourth-order valence-corrected chi connectivity index (χ4v) is 0.965. The highest BCUT2D eigenvalue weighted by molar-refractivity contribution is 5.88. The molecule has 1 aromatic rings. The maximum atomic E-state index is 13.3. The first-order valence-corrected chi connectivity index (χ1v) is 4.45. The van der Waals surface area contributed by atoms with Gasteiger partial charge < -0.3 is 9.47 Å². The fourth-order valence-electron chi connectivity index (χ4n) is 0.965. The molecule has 0 unspecified atom stereocenters. The number of nitrogens with zero attached hydrogens (tertiary/aromatic N) is 1. The van der Waals surface area contributed by atoms with Gasteiger partial charge in [-0.05, 0) is 19.9 Å². The third-order valence-electron chi connectivity index (χ3n) is 1.58. The van der Waals surface area contributed by atoms with E-state index in [-0.39, 0.29) is 17.5 Å². The summed E-state index contributed by atoms with van der Waals surface area (Å²) in [4.78, 5) is 14.7. The van der Waals surface area contributed by atoms with Crippen LogP contribution < -0.4 is 4.74 Å². The molecule has 0 saturated heterocycles. The third kappa shape index (κ3) is 2.90. The quantitative estimate of drug-likeness (QED) is 0.718. The molecule has 0 bridgehead atoms. The van der Waals surface area contributed by atoms with Crippen molar-refractivity contribution in [2.75, 3.05) is 7.11 Å². The van der Waals surface area contributed by atoms with Crippen LogP contribution in [-0.4, -0.2) is 24.2 Å². The second kappa shape index (κ2) is 4.72. The zero-order valence-corrected chi connectivity index (χ0v) is 8.78. The molecule has 0 aliphatic heterocycles. The highest BCUT2D eigenvalue weighted by atomic mass is 19.1. The summed E-state index contributed by atoms with van der Waals surface area (Å²) in [6, 6.07) is 1.04. The molecule has 0 amide bonds. The van der Waals surface area contributed by atoms with Gasteiger partial charge in [-0.15, -0.1) is 0 Å². The van der Waals surface area contributed by atoms with E-state index in [0.29, 0.717) is 0 Å². The predicted molar refractivity (Wildman–Crippen MR) is 51.3 cm³/mol. The van der Waals surface area contributed by atoms with Gasteiger partial charge in [0.25, 0.3) is 5.88 Å². The van der Waals surface area contributed by atoms with Gasteiger partial charge in [-0.25, -0.2) is 14.2 Å². The van der Waals surface area contributed by atoms with Gasteiger partial charge in [-0.1, -0.05) is 0 Å². The van der Waals surface area contributed by atoms with Crippen molar-refractivity contribution in [1.29, 1.82) is 0 Å². The van der Waals surface area contributed by atoms with E-state index in [1.54, 1.807) is 13.8 Å². The predicted octanol–water partition coefficient (Wildman–Crippen LogP) is 1.79. The normalized spacial score (nSPS) is 10.2. The van der Waals surface area contributed by atoms with Gasteiger partial charge >= 0.3 is 5.97 Å².